The van der Waals surface area contributed by atoms with Gasteiger partial charge in [0.05, 0.1) is 10.8 Å². The van der Waals surface area contributed by atoms with Gasteiger partial charge in [0.15, 0.2) is 0 Å². The first-order chi connectivity index (χ1) is 13.1. The molecule has 2 N–H and O–H groups in total. The van der Waals surface area contributed by atoms with Crippen LogP contribution < -0.4 is 9.47 Å². The van der Waals surface area contributed by atoms with E-state index < -0.39 is 22.8 Å². The van der Waals surface area contributed by atoms with Gasteiger partial charge in [-0.15, -0.1) is 0 Å². The average Bonchev–Trinajstić information content (AvgIpc) is 2.61. The molecule has 2 aromatic rings. The van der Waals surface area contributed by atoms with Crippen molar-refractivity contribution in [3.05, 3.63) is 48.5 Å². The summed E-state index contributed by atoms with van der Waals surface area (Å²) < 4.78 is 10.8. The molecule has 0 aliphatic rings. The van der Waals surface area contributed by atoms with Crippen LogP contribution in [0.2, 0.25) is 0 Å². The lowest BCUT2D eigenvalue weighted by Crippen LogP contribution is -2.40. The fourth-order valence-electron chi connectivity index (χ4n) is 2.96. The van der Waals surface area contributed by atoms with E-state index in [2.05, 4.69) is 0 Å². The van der Waals surface area contributed by atoms with Crippen molar-refractivity contribution in [3.63, 3.8) is 0 Å². The highest BCUT2D eigenvalue weighted by atomic mass is 16.5. The summed E-state index contributed by atoms with van der Waals surface area (Å²) in [4.78, 5) is 25.5. The molecule has 0 spiro atoms. The summed E-state index contributed by atoms with van der Waals surface area (Å²) in [5.74, 6) is -0.528. The smallest absolute Gasteiger partial charge is 0.317 e. The predicted octanol–water partition coefficient (Wildman–Crippen LogP) is 4.44. The zero-order chi connectivity index (χ0) is 20.9. The van der Waals surface area contributed by atoms with Crippen molar-refractivity contribution in [1.82, 2.24) is 0 Å². The second kappa shape index (κ2) is 8.33. The number of hydrogen-bond donors (Lipinski definition) is 2. The van der Waals surface area contributed by atoms with Crippen LogP contribution in [-0.2, 0) is 9.59 Å². The number of carbonyl (C=O) groups excluding carboxylic acids is 2. The zero-order valence-electron chi connectivity index (χ0n) is 16.6. The number of aromatic hydroxyl groups is 2. The minimum atomic E-state index is -0.978. The molecule has 1 unspecified atom stereocenters. The van der Waals surface area contributed by atoms with Crippen LogP contribution in [0, 0.1) is 10.8 Å². The Balaban J connectivity index is 2.13. The van der Waals surface area contributed by atoms with Gasteiger partial charge in [0, 0.05) is 12.1 Å². The number of phenolic OH excluding ortho intramolecular Hbond substituents is 2. The molecular weight excluding hydrogens is 360 g/mol. The molecule has 0 radical (unpaired) electrons. The van der Waals surface area contributed by atoms with Crippen molar-refractivity contribution in [3.8, 4) is 23.0 Å². The van der Waals surface area contributed by atoms with E-state index in [-0.39, 0.29) is 29.4 Å². The van der Waals surface area contributed by atoms with Crippen LogP contribution in [0.4, 0.5) is 0 Å². The van der Waals surface area contributed by atoms with Gasteiger partial charge in [-0.25, -0.2) is 0 Å². The molecule has 0 fully saturated rings. The van der Waals surface area contributed by atoms with E-state index in [0.717, 1.165) is 0 Å². The normalized spacial score (nSPS) is 13.4. The van der Waals surface area contributed by atoms with Crippen LogP contribution >= 0.6 is 0 Å². The van der Waals surface area contributed by atoms with Crippen LogP contribution in [0.5, 0.6) is 23.0 Å². The number of esters is 2. The number of rotatable bonds is 7. The van der Waals surface area contributed by atoms with E-state index in [4.69, 9.17) is 9.47 Å². The Hall–Kier alpha value is -3.02. The molecule has 2 aromatic carbocycles. The molecule has 0 aliphatic carbocycles. The molecule has 6 nitrogen and oxygen atoms in total. The molecule has 0 heterocycles. The molecule has 6 heteroatoms. The minimum Gasteiger partial charge on any atom is -0.508 e. The number of carbonyl (C=O) groups is 2. The van der Waals surface area contributed by atoms with Crippen LogP contribution in [-0.4, -0.2) is 22.2 Å². The third kappa shape index (κ3) is 5.25. The Morgan fingerprint density at radius 2 is 1.32 bits per heavy atom. The van der Waals surface area contributed by atoms with Crippen molar-refractivity contribution in [2.75, 3.05) is 0 Å². The van der Waals surface area contributed by atoms with E-state index in [1.54, 1.807) is 45.0 Å². The highest BCUT2D eigenvalue weighted by Gasteiger charge is 2.43. The van der Waals surface area contributed by atoms with Gasteiger partial charge in [-0.2, -0.15) is 0 Å². The standard InChI is InChI=1S/C22H26O6/c1-5-22(4,20(26)28-18-11-7-9-16(24)13-18)14-21(2,3)19(25)27-17-10-6-8-15(23)12-17/h6-13,23-24H,5,14H2,1-4H3. The molecule has 0 bridgehead atoms. The Bertz CT molecular complexity index is 858. The maximum atomic E-state index is 12.8. The van der Waals surface area contributed by atoms with E-state index in [1.807, 2.05) is 6.92 Å². The molecule has 0 saturated heterocycles. The quantitative estimate of drug-likeness (QED) is 0.540. The van der Waals surface area contributed by atoms with E-state index >= 15 is 0 Å². The first kappa shape index (κ1) is 21.3. The van der Waals surface area contributed by atoms with Gasteiger partial charge in [-0.05, 0) is 57.9 Å². The monoisotopic (exact) mass is 386 g/mol. The lowest BCUT2D eigenvalue weighted by molar-refractivity contribution is -0.152. The summed E-state index contributed by atoms with van der Waals surface area (Å²) >= 11 is 0. The first-order valence-corrected chi connectivity index (χ1v) is 9.08. The molecule has 0 saturated carbocycles. The van der Waals surface area contributed by atoms with Gasteiger partial charge in [0.25, 0.3) is 0 Å². The lowest BCUT2D eigenvalue weighted by atomic mass is 9.72. The zero-order valence-corrected chi connectivity index (χ0v) is 16.6. The predicted molar refractivity (Wildman–Crippen MR) is 104 cm³/mol. The molecule has 0 aliphatic heterocycles. The molecular formula is C22H26O6. The van der Waals surface area contributed by atoms with E-state index in [0.29, 0.717) is 6.42 Å². The summed E-state index contributed by atoms with van der Waals surface area (Å²) in [6.45, 7) is 6.99. The summed E-state index contributed by atoms with van der Waals surface area (Å²) in [7, 11) is 0. The Kier molecular flexibility index (Phi) is 6.33. The van der Waals surface area contributed by atoms with E-state index in [9.17, 15) is 19.8 Å². The highest BCUT2D eigenvalue weighted by Crippen LogP contribution is 2.39. The van der Waals surface area contributed by atoms with Gasteiger partial charge in [-0.3, -0.25) is 9.59 Å². The molecule has 0 amide bonds. The number of hydrogen-bond acceptors (Lipinski definition) is 6. The number of benzene rings is 2. The summed E-state index contributed by atoms with van der Waals surface area (Å²) in [5.41, 5.74) is -1.92. The second-order valence-corrected chi connectivity index (χ2v) is 7.75. The van der Waals surface area contributed by atoms with Crippen LogP contribution in [0.1, 0.15) is 40.5 Å². The van der Waals surface area contributed by atoms with Crippen molar-refractivity contribution in [2.45, 2.75) is 40.5 Å². The highest BCUT2D eigenvalue weighted by molar-refractivity contribution is 5.82. The topological polar surface area (TPSA) is 93.1 Å². The Labute approximate surface area is 164 Å². The molecule has 2 rings (SSSR count). The third-order valence-electron chi connectivity index (χ3n) is 4.71. The van der Waals surface area contributed by atoms with Crippen molar-refractivity contribution >= 4 is 11.9 Å². The fraction of sp³-hybridized carbons (Fsp3) is 0.364. The summed E-state index contributed by atoms with van der Waals surface area (Å²) in [6.07, 6.45) is 0.652. The van der Waals surface area contributed by atoms with Crippen LogP contribution in [0.25, 0.3) is 0 Å². The molecule has 150 valence electrons. The lowest BCUT2D eigenvalue weighted by Gasteiger charge is -2.33. The summed E-state index contributed by atoms with van der Waals surface area (Å²) in [5, 5.41) is 19.0. The fourth-order valence-corrected chi connectivity index (χ4v) is 2.96. The van der Waals surface area contributed by atoms with Crippen LogP contribution in [0.3, 0.4) is 0 Å². The van der Waals surface area contributed by atoms with Crippen LogP contribution in [0.15, 0.2) is 48.5 Å². The van der Waals surface area contributed by atoms with Gasteiger partial charge in [0.1, 0.15) is 23.0 Å². The molecule has 28 heavy (non-hydrogen) atoms. The minimum absolute atomic E-state index is 0.00137. The maximum absolute atomic E-state index is 12.8. The SMILES string of the molecule is CCC(C)(CC(C)(C)C(=O)Oc1cccc(O)c1)C(=O)Oc1cccc(O)c1. The van der Waals surface area contributed by atoms with E-state index in [1.165, 1.54) is 24.3 Å². The number of ether oxygens (including phenoxy) is 2. The van der Waals surface area contributed by atoms with Gasteiger partial charge >= 0.3 is 11.9 Å². The summed E-state index contributed by atoms with van der Waals surface area (Å²) in [6, 6.07) is 12.0. The average molecular weight is 386 g/mol. The Morgan fingerprint density at radius 3 is 1.75 bits per heavy atom. The first-order valence-electron chi connectivity index (χ1n) is 9.08. The largest absolute Gasteiger partial charge is 0.508 e. The second-order valence-electron chi connectivity index (χ2n) is 7.75. The number of phenols is 2. The van der Waals surface area contributed by atoms with Crippen molar-refractivity contribution in [1.29, 1.82) is 0 Å². The third-order valence-corrected chi connectivity index (χ3v) is 4.71. The maximum Gasteiger partial charge on any atom is 0.317 e. The van der Waals surface area contributed by atoms with Crippen molar-refractivity contribution in [2.24, 2.45) is 10.8 Å². The van der Waals surface area contributed by atoms with Gasteiger partial charge in [0.2, 0.25) is 0 Å². The molecule has 1 atom stereocenters. The van der Waals surface area contributed by atoms with Gasteiger partial charge in [-0.1, -0.05) is 19.1 Å². The Morgan fingerprint density at radius 1 is 0.857 bits per heavy atom. The molecule has 0 aromatic heterocycles. The van der Waals surface area contributed by atoms with Gasteiger partial charge < -0.3 is 19.7 Å². The van der Waals surface area contributed by atoms with Crippen molar-refractivity contribution < 1.29 is 29.3 Å².